The van der Waals surface area contributed by atoms with E-state index in [1.807, 2.05) is 6.92 Å². The van der Waals surface area contributed by atoms with Crippen LogP contribution in [0, 0.1) is 11.8 Å². The lowest BCUT2D eigenvalue weighted by Crippen LogP contribution is -2.26. The summed E-state index contributed by atoms with van der Waals surface area (Å²) >= 11 is 0. The second-order valence-electron chi connectivity index (χ2n) is 4.06. The Morgan fingerprint density at radius 1 is 1.21 bits per heavy atom. The van der Waals surface area contributed by atoms with E-state index in [9.17, 15) is 9.59 Å². The standard InChI is InChI=1S/C11H13NO2/c1-6(2)10-7(3)11(10)12-8(13)4-5-9(12)14/h4-7H,1-3H3. The summed E-state index contributed by atoms with van der Waals surface area (Å²) in [4.78, 5) is 24.0. The Morgan fingerprint density at radius 2 is 1.71 bits per heavy atom. The third kappa shape index (κ3) is 1.12. The van der Waals surface area contributed by atoms with Gasteiger partial charge in [-0.05, 0) is 11.5 Å². The Morgan fingerprint density at radius 3 is 2.07 bits per heavy atom. The van der Waals surface area contributed by atoms with Crippen LogP contribution in [0.4, 0.5) is 0 Å². The summed E-state index contributed by atoms with van der Waals surface area (Å²) in [6, 6.07) is 0. The van der Waals surface area contributed by atoms with Crippen molar-refractivity contribution in [2.75, 3.05) is 0 Å². The van der Waals surface area contributed by atoms with Gasteiger partial charge in [0.05, 0.1) is 0 Å². The van der Waals surface area contributed by atoms with Crippen molar-refractivity contribution in [3.63, 3.8) is 0 Å². The van der Waals surface area contributed by atoms with Crippen LogP contribution in [0.5, 0.6) is 0 Å². The molecule has 0 aromatic rings. The molecule has 1 aliphatic carbocycles. The van der Waals surface area contributed by atoms with Crippen LogP contribution in [0.2, 0.25) is 0 Å². The lowest BCUT2D eigenvalue weighted by atomic mass is 10.1. The highest BCUT2D eigenvalue weighted by Gasteiger charge is 2.43. The first-order valence-electron chi connectivity index (χ1n) is 4.84. The fourth-order valence-corrected chi connectivity index (χ4v) is 2.10. The lowest BCUT2D eigenvalue weighted by molar-refractivity contribution is -0.134. The fraction of sp³-hybridized carbons (Fsp3) is 0.455. The molecule has 1 unspecified atom stereocenters. The second-order valence-corrected chi connectivity index (χ2v) is 4.06. The molecule has 1 aliphatic heterocycles. The van der Waals surface area contributed by atoms with Crippen LogP contribution in [0.3, 0.4) is 0 Å². The average Bonchev–Trinajstić information content (AvgIpc) is 2.63. The topological polar surface area (TPSA) is 37.4 Å². The predicted octanol–water partition coefficient (Wildman–Crippen LogP) is 1.47. The SMILES string of the molecule is CC(C)C1=C(N2C(=O)C=CC2=O)C1C. The van der Waals surface area contributed by atoms with Crippen LogP contribution in [0.1, 0.15) is 20.8 Å². The van der Waals surface area contributed by atoms with E-state index in [4.69, 9.17) is 0 Å². The van der Waals surface area contributed by atoms with Gasteiger partial charge >= 0.3 is 0 Å². The predicted molar refractivity (Wildman–Crippen MR) is 52.0 cm³/mol. The molecule has 1 atom stereocenters. The van der Waals surface area contributed by atoms with Crippen molar-refractivity contribution in [3.05, 3.63) is 23.4 Å². The minimum atomic E-state index is -0.201. The molecule has 0 N–H and O–H groups in total. The van der Waals surface area contributed by atoms with E-state index in [0.717, 1.165) is 5.70 Å². The van der Waals surface area contributed by atoms with Crippen LogP contribution in [-0.4, -0.2) is 16.7 Å². The molecule has 0 fully saturated rings. The first kappa shape index (κ1) is 9.19. The highest BCUT2D eigenvalue weighted by molar-refractivity contribution is 6.14. The molecule has 74 valence electrons. The summed E-state index contributed by atoms with van der Waals surface area (Å²) < 4.78 is 0. The van der Waals surface area contributed by atoms with E-state index in [1.54, 1.807) is 0 Å². The molecule has 0 spiro atoms. The van der Waals surface area contributed by atoms with Gasteiger partial charge in [0.25, 0.3) is 11.8 Å². The van der Waals surface area contributed by atoms with E-state index in [0.29, 0.717) is 11.8 Å². The Balaban J connectivity index is 2.26. The molecule has 0 aromatic carbocycles. The van der Waals surface area contributed by atoms with Crippen LogP contribution in [-0.2, 0) is 9.59 Å². The molecule has 14 heavy (non-hydrogen) atoms. The Bertz CT molecular complexity index is 359. The summed E-state index contributed by atoms with van der Waals surface area (Å²) in [7, 11) is 0. The fourth-order valence-electron chi connectivity index (χ4n) is 2.10. The van der Waals surface area contributed by atoms with Crippen molar-refractivity contribution in [2.24, 2.45) is 11.8 Å². The first-order chi connectivity index (χ1) is 6.54. The zero-order valence-electron chi connectivity index (χ0n) is 8.57. The molecule has 3 nitrogen and oxygen atoms in total. The number of rotatable bonds is 2. The van der Waals surface area contributed by atoms with Crippen molar-refractivity contribution in [1.82, 2.24) is 4.90 Å². The number of imide groups is 1. The summed E-state index contributed by atoms with van der Waals surface area (Å²) in [5.74, 6) is 0.309. The zero-order chi connectivity index (χ0) is 10.5. The highest BCUT2D eigenvalue weighted by atomic mass is 16.2. The molecule has 2 rings (SSSR count). The molecule has 0 bridgehead atoms. The third-order valence-electron chi connectivity index (χ3n) is 2.76. The van der Waals surface area contributed by atoms with Crippen molar-refractivity contribution in [3.8, 4) is 0 Å². The summed E-state index contributed by atoms with van der Waals surface area (Å²) in [5.41, 5.74) is 2.15. The van der Waals surface area contributed by atoms with Crippen molar-refractivity contribution in [2.45, 2.75) is 20.8 Å². The summed E-state index contributed by atoms with van der Waals surface area (Å²) in [6.07, 6.45) is 2.66. The van der Waals surface area contributed by atoms with Crippen molar-refractivity contribution in [1.29, 1.82) is 0 Å². The minimum absolute atomic E-state index is 0.201. The molecular weight excluding hydrogens is 178 g/mol. The molecule has 0 aromatic heterocycles. The maximum Gasteiger partial charge on any atom is 0.257 e. The minimum Gasteiger partial charge on any atom is -0.269 e. The number of nitrogens with zero attached hydrogens (tertiary/aromatic N) is 1. The second kappa shape index (κ2) is 2.80. The Hall–Kier alpha value is -1.38. The van der Waals surface area contributed by atoms with Gasteiger partial charge in [0.1, 0.15) is 0 Å². The molecule has 2 aliphatic rings. The van der Waals surface area contributed by atoms with Gasteiger partial charge in [-0.25, -0.2) is 4.90 Å². The third-order valence-corrected chi connectivity index (χ3v) is 2.76. The van der Waals surface area contributed by atoms with Gasteiger partial charge in [-0.2, -0.15) is 0 Å². The van der Waals surface area contributed by atoms with Gasteiger partial charge in [0, 0.05) is 23.8 Å². The number of hydrogen-bond acceptors (Lipinski definition) is 2. The largest absolute Gasteiger partial charge is 0.269 e. The molecule has 3 heteroatoms. The van der Waals surface area contributed by atoms with Crippen LogP contribution < -0.4 is 0 Å². The van der Waals surface area contributed by atoms with Gasteiger partial charge in [-0.1, -0.05) is 20.8 Å². The molecular formula is C11H13NO2. The van der Waals surface area contributed by atoms with Gasteiger partial charge in [-0.15, -0.1) is 0 Å². The maximum atomic E-state index is 11.4. The monoisotopic (exact) mass is 191 g/mol. The highest BCUT2D eigenvalue weighted by Crippen LogP contribution is 2.46. The van der Waals surface area contributed by atoms with Crippen LogP contribution >= 0.6 is 0 Å². The van der Waals surface area contributed by atoms with Gasteiger partial charge in [0.15, 0.2) is 0 Å². The van der Waals surface area contributed by atoms with Crippen LogP contribution in [0.15, 0.2) is 23.4 Å². The Labute approximate surface area is 83.1 Å². The summed E-state index contributed by atoms with van der Waals surface area (Å²) in [6.45, 7) is 6.19. The lowest BCUT2D eigenvalue weighted by Gasteiger charge is -2.09. The number of hydrogen-bond donors (Lipinski definition) is 0. The van der Waals surface area contributed by atoms with Gasteiger partial charge in [0.2, 0.25) is 0 Å². The molecule has 0 radical (unpaired) electrons. The number of carbonyl (C=O) groups is 2. The number of amides is 2. The van der Waals surface area contributed by atoms with E-state index in [1.165, 1.54) is 22.6 Å². The van der Waals surface area contributed by atoms with E-state index in [2.05, 4.69) is 13.8 Å². The molecule has 1 heterocycles. The van der Waals surface area contributed by atoms with Crippen LogP contribution in [0.25, 0.3) is 0 Å². The summed E-state index contributed by atoms with van der Waals surface area (Å²) in [5, 5.41) is 0. The molecule has 2 amide bonds. The average molecular weight is 191 g/mol. The molecule has 0 saturated carbocycles. The smallest absolute Gasteiger partial charge is 0.257 e. The normalized spacial score (nSPS) is 25.7. The van der Waals surface area contributed by atoms with E-state index >= 15 is 0 Å². The van der Waals surface area contributed by atoms with Crippen molar-refractivity contribution < 1.29 is 9.59 Å². The quantitative estimate of drug-likeness (QED) is 0.620. The maximum absolute atomic E-state index is 11.4. The van der Waals surface area contributed by atoms with Crippen molar-refractivity contribution >= 4 is 11.8 Å². The number of carbonyl (C=O) groups excluding carboxylic acids is 2. The van der Waals surface area contributed by atoms with Gasteiger partial charge in [-0.3, -0.25) is 9.59 Å². The van der Waals surface area contributed by atoms with E-state index < -0.39 is 0 Å². The van der Waals surface area contributed by atoms with Gasteiger partial charge < -0.3 is 0 Å². The zero-order valence-corrected chi connectivity index (χ0v) is 8.57. The first-order valence-corrected chi connectivity index (χ1v) is 4.84. The Kier molecular flexibility index (Phi) is 1.84. The number of allylic oxidation sites excluding steroid dienone is 2. The molecule has 0 saturated heterocycles. The van der Waals surface area contributed by atoms with E-state index in [-0.39, 0.29) is 11.8 Å².